The Hall–Kier alpha value is -0.570. The van der Waals surface area contributed by atoms with Gasteiger partial charge in [0.2, 0.25) is 0 Å². The molecule has 0 aliphatic heterocycles. The van der Waals surface area contributed by atoms with Gasteiger partial charge in [0.1, 0.15) is 0 Å². The molecule has 0 saturated heterocycles. The fourth-order valence-electron chi connectivity index (χ4n) is 3.11. The zero-order valence-electron chi connectivity index (χ0n) is 12.5. The third-order valence-electron chi connectivity index (χ3n) is 4.95. The van der Waals surface area contributed by atoms with Crippen LogP contribution in [-0.2, 0) is 4.79 Å². The van der Waals surface area contributed by atoms with Gasteiger partial charge in [-0.05, 0) is 45.1 Å². The molecule has 0 radical (unpaired) electrons. The minimum Gasteiger partial charge on any atom is -0.481 e. The largest absolute Gasteiger partial charge is 0.481 e. The quantitative estimate of drug-likeness (QED) is 0.820. The number of carboxylic acid groups (broad SMARTS) is 1. The molecule has 1 N–H and O–H groups in total. The molecule has 18 heavy (non-hydrogen) atoms. The van der Waals surface area contributed by atoms with Gasteiger partial charge in [0.15, 0.2) is 0 Å². The van der Waals surface area contributed by atoms with Crippen LogP contribution in [0.25, 0.3) is 0 Å². The van der Waals surface area contributed by atoms with Gasteiger partial charge in [-0.2, -0.15) is 0 Å². The Labute approximate surface area is 112 Å². The minimum absolute atomic E-state index is 0.181. The fraction of sp³-hybridized carbons (Fsp3) is 0.933. The van der Waals surface area contributed by atoms with Gasteiger partial charge in [0, 0.05) is 12.1 Å². The van der Waals surface area contributed by atoms with Gasteiger partial charge >= 0.3 is 5.97 Å². The smallest absolute Gasteiger partial charge is 0.308 e. The Bertz CT molecular complexity index is 278. The Balaban J connectivity index is 2.80. The van der Waals surface area contributed by atoms with E-state index in [4.69, 9.17) is 0 Å². The third-order valence-corrected chi connectivity index (χ3v) is 4.95. The van der Waals surface area contributed by atoms with Gasteiger partial charge in [-0.3, -0.25) is 9.69 Å². The molecule has 3 nitrogen and oxygen atoms in total. The highest BCUT2D eigenvalue weighted by molar-refractivity contribution is 5.71. The van der Waals surface area contributed by atoms with Gasteiger partial charge in [0.05, 0.1) is 5.92 Å². The van der Waals surface area contributed by atoms with Crippen molar-refractivity contribution in [3.63, 3.8) is 0 Å². The van der Waals surface area contributed by atoms with Crippen LogP contribution in [0, 0.1) is 17.8 Å². The summed E-state index contributed by atoms with van der Waals surface area (Å²) in [5.41, 5.74) is 0. The zero-order chi connectivity index (χ0) is 13.9. The van der Waals surface area contributed by atoms with Crippen LogP contribution >= 0.6 is 0 Å². The topological polar surface area (TPSA) is 40.5 Å². The second-order valence-electron chi connectivity index (χ2n) is 6.25. The summed E-state index contributed by atoms with van der Waals surface area (Å²) in [5.74, 6) is 0.468. The van der Waals surface area contributed by atoms with Crippen molar-refractivity contribution >= 4 is 5.97 Å². The molecule has 3 heteroatoms. The fourth-order valence-corrected chi connectivity index (χ4v) is 3.11. The van der Waals surface area contributed by atoms with Gasteiger partial charge in [-0.15, -0.1) is 0 Å². The molecule has 0 aromatic heterocycles. The van der Waals surface area contributed by atoms with Crippen molar-refractivity contribution in [1.82, 2.24) is 4.90 Å². The van der Waals surface area contributed by atoms with Gasteiger partial charge < -0.3 is 5.11 Å². The van der Waals surface area contributed by atoms with Crippen molar-refractivity contribution in [2.24, 2.45) is 17.8 Å². The maximum absolute atomic E-state index is 11.4. The summed E-state index contributed by atoms with van der Waals surface area (Å²) >= 11 is 0. The van der Waals surface area contributed by atoms with E-state index in [1.54, 1.807) is 0 Å². The van der Waals surface area contributed by atoms with E-state index in [0.717, 1.165) is 19.3 Å². The summed E-state index contributed by atoms with van der Waals surface area (Å²) in [5, 5.41) is 9.41. The molecule has 4 atom stereocenters. The number of carboxylic acids is 1. The molecule has 0 spiro atoms. The first-order chi connectivity index (χ1) is 8.38. The molecule has 1 rings (SSSR count). The molecule has 0 heterocycles. The predicted molar refractivity (Wildman–Crippen MR) is 74.6 cm³/mol. The van der Waals surface area contributed by atoms with Crippen LogP contribution in [0.1, 0.15) is 53.4 Å². The van der Waals surface area contributed by atoms with E-state index in [0.29, 0.717) is 17.9 Å². The number of hydrogen-bond acceptors (Lipinski definition) is 2. The third kappa shape index (κ3) is 3.47. The monoisotopic (exact) mass is 255 g/mol. The van der Waals surface area contributed by atoms with Crippen LogP contribution in [0.5, 0.6) is 0 Å². The van der Waals surface area contributed by atoms with E-state index in [2.05, 4.69) is 39.6 Å². The van der Waals surface area contributed by atoms with E-state index in [1.807, 2.05) is 0 Å². The predicted octanol–water partition coefficient (Wildman–Crippen LogP) is 3.24. The highest BCUT2D eigenvalue weighted by atomic mass is 16.4. The first kappa shape index (κ1) is 15.5. The second kappa shape index (κ2) is 6.55. The summed E-state index contributed by atoms with van der Waals surface area (Å²) in [6.07, 6.45) is 4.13. The van der Waals surface area contributed by atoms with Crippen molar-refractivity contribution in [3.8, 4) is 0 Å². The normalized spacial score (nSPS) is 30.7. The van der Waals surface area contributed by atoms with E-state index < -0.39 is 5.97 Å². The van der Waals surface area contributed by atoms with Crippen LogP contribution in [0.2, 0.25) is 0 Å². The lowest BCUT2D eigenvalue weighted by Crippen LogP contribution is -2.50. The molecule has 1 saturated carbocycles. The van der Waals surface area contributed by atoms with Crippen LogP contribution in [0.3, 0.4) is 0 Å². The van der Waals surface area contributed by atoms with Crippen molar-refractivity contribution in [1.29, 1.82) is 0 Å². The number of aliphatic carboxylic acids is 1. The standard InChI is InChI=1S/C15H29NO2/c1-6-12-7-8-13(15(17)18)14(9-12)16(5)11(4)10(2)3/h10-14H,6-9H2,1-5H3,(H,17,18). The Morgan fingerprint density at radius 2 is 1.94 bits per heavy atom. The molecule has 1 aliphatic rings. The average molecular weight is 255 g/mol. The van der Waals surface area contributed by atoms with Crippen molar-refractivity contribution in [2.75, 3.05) is 7.05 Å². The molecule has 1 aliphatic carbocycles. The molecule has 4 unspecified atom stereocenters. The number of nitrogens with zero attached hydrogens (tertiary/aromatic N) is 1. The lowest BCUT2D eigenvalue weighted by molar-refractivity contribution is -0.146. The van der Waals surface area contributed by atoms with Gasteiger partial charge in [0.25, 0.3) is 0 Å². The van der Waals surface area contributed by atoms with Crippen LogP contribution in [0.15, 0.2) is 0 Å². The lowest BCUT2D eigenvalue weighted by Gasteiger charge is -2.43. The molecule has 0 aromatic carbocycles. The number of hydrogen-bond donors (Lipinski definition) is 1. The second-order valence-corrected chi connectivity index (χ2v) is 6.25. The first-order valence-electron chi connectivity index (χ1n) is 7.33. The van der Waals surface area contributed by atoms with E-state index in [9.17, 15) is 9.90 Å². The molecular weight excluding hydrogens is 226 g/mol. The highest BCUT2D eigenvalue weighted by Gasteiger charge is 2.38. The van der Waals surface area contributed by atoms with Crippen LogP contribution < -0.4 is 0 Å². The Morgan fingerprint density at radius 1 is 1.33 bits per heavy atom. The van der Waals surface area contributed by atoms with Crippen LogP contribution in [-0.4, -0.2) is 35.1 Å². The number of rotatable bonds is 5. The minimum atomic E-state index is -0.614. The van der Waals surface area contributed by atoms with Gasteiger partial charge in [-0.25, -0.2) is 0 Å². The van der Waals surface area contributed by atoms with Crippen molar-refractivity contribution in [2.45, 2.75) is 65.5 Å². The van der Waals surface area contributed by atoms with Crippen molar-refractivity contribution < 1.29 is 9.90 Å². The Kier molecular flexibility index (Phi) is 5.64. The molecule has 0 aromatic rings. The van der Waals surface area contributed by atoms with E-state index >= 15 is 0 Å². The molecule has 106 valence electrons. The molecule has 0 bridgehead atoms. The average Bonchev–Trinajstić information content (AvgIpc) is 2.35. The van der Waals surface area contributed by atoms with E-state index in [1.165, 1.54) is 6.42 Å². The van der Waals surface area contributed by atoms with Crippen LogP contribution in [0.4, 0.5) is 0 Å². The summed E-state index contributed by atoms with van der Waals surface area (Å²) in [6, 6.07) is 0.644. The van der Waals surface area contributed by atoms with Gasteiger partial charge in [-0.1, -0.05) is 27.2 Å². The van der Waals surface area contributed by atoms with E-state index in [-0.39, 0.29) is 12.0 Å². The zero-order valence-corrected chi connectivity index (χ0v) is 12.5. The molecular formula is C15H29NO2. The summed E-state index contributed by atoms with van der Waals surface area (Å²) in [6.45, 7) is 8.84. The summed E-state index contributed by atoms with van der Waals surface area (Å²) in [4.78, 5) is 13.7. The first-order valence-corrected chi connectivity index (χ1v) is 7.33. The summed E-state index contributed by atoms with van der Waals surface area (Å²) < 4.78 is 0. The maximum Gasteiger partial charge on any atom is 0.308 e. The lowest BCUT2D eigenvalue weighted by atomic mass is 9.76. The highest BCUT2D eigenvalue weighted by Crippen LogP contribution is 2.35. The molecule has 0 amide bonds. The molecule has 1 fully saturated rings. The van der Waals surface area contributed by atoms with Crippen molar-refractivity contribution in [3.05, 3.63) is 0 Å². The maximum atomic E-state index is 11.4. The summed E-state index contributed by atoms with van der Waals surface area (Å²) in [7, 11) is 2.10. The Morgan fingerprint density at radius 3 is 2.39 bits per heavy atom. The SMILES string of the molecule is CCC1CCC(C(=O)O)C(N(C)C(C)C(C)C)C1. The number of carbonyl (C=O) groups is 1.